The maximum atomic E-state index is 12.5. The van der Waals surface area contributed by atoms with E-state index in [1.54, 1.807) is 55.8 Å². The van der Waals surface area contributed by atoms with Crippen LogP contribution in [0.1, 0.15) is 59.7 Å². The van der Waals surface area contributed by atoms with Gasteiger partial charge < -0.3 is 49.5 Å². The van der Waals surface area contributed by atoms with Gasteiger partial charge in [0.05, 0.1) is 45.2 Å². The smallest absolute Gasteiger partial charge is 1.00 e. The summed E-state index contributed by atoms with van der Waals surface area (Å²) in [5.74, 6) is -1.22. The fraction of sp³-hybridized carbons (Fsp3) is 0.344. The normalized spacial score (nSPS) is 14.0. The van der Waals surface area contributed by atoms with Crippen LogP contribution in [0.2, 0.25) is 0 Å². The number of H-pyrrole nitrogens is 1. The van der Waals surface area contributed by atoms with Crippen molar-refractivity contribution in [3.8, 4) is 0 Å². The van der Waals surface area contributed by atoms with E-state index in [2.05, 4.69) is 9.87 Å². The number of nitrogens with one attached hydrogen (secondary N) is 1. The third kappa shape index (κ3) is 11.2. The van der Waals surface area contributed by atoms with Gasteiger partial charge in [-0.15, -0.1) is 0 Å². The number of pyridine rings is 2. The van der Waals surface area contributed by atoms with Crippen molar-refractivity contribution in [2.45, 2.75) is 26.4 Å². The molecule has 2 aromatic carbocycles. The fourth-order valence-corrected chi connectivity index (χ4v) is 4.85. The zero-order valence-electron chi connectivity index (χ0n) is 28.8. The molecule has 2 saturated heterocycles. The predicted octanol–water partition coefficient (Wildman–Crippen LogP) is -3.93. The van der Waals surface area contributed by atoms with E-state index in [1.165, 1.54) is 12.4 Å². The number of esters is 2. The molecule has 4 aromatic rings. The first kappa shape index (κ1) is 43.5. The molecule has 6 rings (SSSR count). The van der Waals surface area contributed by atoms with Crippen molar-refractivity contribution in [2.24, 2.45) is 7.05 Å². The number of aryl methyl sites for hydroxylation is 1. The molecule has 0 bridgehead atoms. The number of benzene rings is 2. The Balaban J connectivity index is 0.000000429. The average Bonchev–Trinajstić information content (AvgIpc) is 3.83. The molecule has 1 N–H and O–H groups in total. The monoisotopic (exact) mass is 732 g/mol. The Morgan fingerprint density at radius 2 is 1.33 bits per heavy atom. The number of carbonyl (C=O) groups is 3. The fourth-order valence-electron chi connectivity index (χ4n) is 4.85. The number of rotatable bonds is 7. The number of fused-ring (bicyclic) bond motifs is 2. The zero-order valence-corrected chi connectivity index (χ0v) is 34.1. The zero-order chi connectivity index (χ0) is 33.9. The molecule has 0 aliphatic carbocycles. The second kappa shape index (κ2) is 21.6. The van der Waals surface area contributed by atoms with E-state index in [-0.39, 0.29) is 146 Å². The second-order valence-electron chi connectivity index (χ2n) is 9.88. The van der Waals surface area contributed by atoms with Crippen LogP contribution in [0.25, 0.3) is 21.8 Å². The van der Waals surface area contributed by atoms with Gasteiger partial charge in [-0.05, 0) is 38.1 Å². The minimum Gasteiger partial charge on any atom is -1.00 e. The molecule has 49 heavy (non-hydrogen) atoms. The minimum absolute atomic E-state index is 0. The predicted molar refractivity (Wildman–Crippen MR) is 163 cm³/mol. The number of nitrogens with zero attached hydrogens (tertiary/aromatic N) is 1. The Labute approximate surface area is 366 Å². The van der Waals surface area contributed by atoms with Crippen molar-refractivity contribution in [1.82, 2.24) is 9.55 Å². The van der Waals surface area contributed by atoms with E-state index in [0.717, 1.165) is 16.6 Å². The number of aromatic amines is 1. The summed E-state index contributed by atoms with van der Waals surface area (Å²) in [6.07, 6.45) is 2.08. The van der Waals surface area contributed by atoms with E-state index in [9.17, 15) is 19.2 Å². The summed E-state index contributed by atoms with van der Waals surface area (Å²) in [5.41, 5.74) is 2.40. The van der Waals surface area contributed by atoms with Crippen LogP contribution in [0.15, 0.2) is 58.4 Å². The van der Waals surface area contributed by atoms with E-state index in [4.69, 9.17) is 38.5 Å². The summed E-state index contributed by atoms with van der Waals surface area (Å²) in [5, 5.41) is 9.33. The topological polar surface area (TPSA) is 194 Å². The van der Waals surface area contributed by atoms with Crippen LogP contribution < -0.4 is 119 Å². The van der Waals surface area contributed by atoms with Gasteiger partial charge in [-0.1, -0.05) is 12.1 Å². The Morgan fingerprint density at radius 1 is 0.857 bits per heavy atom. The van der Waals surface area contributed by atoms with Crippen LogP contribution in [-0.2, 0) is 45.2 Å². The molecule has 252 valence electrons. The Hall–Kier alpha value is -1.66. The van der Waals surface area contributed by atoms with Crippen molar-refractivity contribution < 1.29 is 157 Å². The average molecular weight is 733 g/mol. The first-order chi connectivity index (χ1) is 22.7. The minimum atomic E-state index is -0.618. The second-order valence-corrected chi connectivity index (χ2v) is 9.88. The number of carbonyl (C=O) groups excluding carboxylic acids is 3. The van der Waals surface area contributed by atoms with Gasteiger partial charge in [-0.2, -0.15) is 0 Å². The molecule has 0 amide bonds. The van der Waals surface area contributed by atoms with E-state index in [1.807, 2.05) is 6.07 Å². The van der Waals surface area contributed by atoms with Gasteiger partial charge in [0.25, 0.3) is 6.47 Å². The summed E-state index contributed by atoms with van der Waals surface area (Å²) in [6.45, 7) is 5.91. The van der Waals surface area contributed by atoms with Gasteiger partial charge in [-0.25, -0.2) is 9.59 Å². The van der Waals surface area contributed by atoms with E-state index >= 15 is 0 Å². The van der Waals surface area contributed by atoms with Crippen LogP contribution in [0, 0.1) is 0 Å². The summed E-state index contributed by atoms with van der Waals surface area (Å²) < 4.78 is 33.3. The van der Waals surface area contributed by atoms with Crippen LogP contribution >= 0.6 is 0 Å². The van der Waals surface area contributed by atoms with Crippen LogP contribution in [0.4, 0.5) is 0 Å². The van der Waals surface area contributed by atoms with Gasteiger partial charge >= 0.3 is 115 Å². The Bertz CT molecular complexity index is 1860. The van der Waals surface area contributed by atoms with Gasteiger partial charge in [0.1, 0.15) is 11.1 Å². The van der Waals surface area contributed by atoms with Gasteiger partial charge in [0.2, 0.25) is 10.9 Å². The SMILES string of the molecule is CCOC(=O)c1c[nH]c2cc(C3OCCO3)ccc2c1=O.CCOC(=O)c1cn(C)c2cc(C3OCCO3)ccc2c1=O.O=CO[O-].[H-].[K+].[K+]. The van der Waals surface area contributed by atoms with Crippen molar-refractivity contribution in [3.05, 3.63) is 91.5 Å². The molecule has 15 nitrogen and oxygen atoms in total. The number of hydrogen-bond acceptors (Lipinski definition) is 13. The molecule has 2 aromatic heterocycles. The van der Waals surface area contributed by atoms with Gasteiger partial charge in [-0.3, -0.25) is 14.4 Å². The summed E-state index contributed by atoms with van der Waals surface area (Å²) in [6, 6.07) is 10.6. The third-order valence-corrected chi connectivity index (χ3v) is 6.94. The summed E-state index contributed by atoms with van der Waals surface area (Å²) in [7, 11) is 1.78. The number of aromatic nitrogens is 2. The molecule has 0 atom stereocenters. The van der Waals surface area contributed by atoms with Crippen molar-refractivity contribution in [2.75, 3.05) is 39.6 Å². The molecule has 0 spiro atoms. The molecule has 0 unspecified atom stereocenters. The molecule has 2 aliphatic heterocycles. The standard InChI is InChI=1S/C16H17NO5.C15H15NO5.CH2O3.2K.H/c1-3-20-15(19)12-9-17(2)13-8-10(16-21-6-7-22-16)4-5-11(13)14(12)18;1-2-19-14(18)11-8-16-12-7-9(15-20-5-6-21-15)3-4-10(12)13(11)17;2-1-4-3;;;/h4-5,8-9,16H,3,6-7H2,1-2H3;3-4,7-8,15H,2,5-6H2,1H3,(H,16,17);1,3H;;;/q;;;2*+1;-1/p-1. The van der Waals surface area contributed by atoms with Crippen LogP contribution in [-0.4, -0.2) is 67.6 Å². The number of hydrogen-bond donors (Lipinski definition) is 1. The van der Waals surface area contributed by atoms with Gasteiger partial charge in [0.15, 0.2) is 12.6 Å². The largest absolute Gasteiger partial charge is 1.00 e. The molecule has 2 fully saturated rings. The summed E-state index contributed by atoms with van der Waals surface area (Å²) in [4.78, 5) is 62.5. The molecule has 4 heterocycles. The molecule has 17 heteroatoms. The number of ether oxygens (including phenoxy) is 6. The molecular weight excluding hydrogens is 699 g/mol. The Morgan fingerprint density at radius 3 is 1.84 bits per heavy atom. The first-order valence-electron chi connectivity index (χ1n) is 14.6. The molecular formula is C32H34K2N2O13. The van der Waals surface area contributed by atoms with E-state index in [0.29, 0.717) is 42.7 Å². The molecule has 2 aliphatic rings. The maximum Gasteiger partial charge on any atom is 1.00 e. The molecule has 0 saturated carbocycles. The van der Waals surface area contributed by atoms with Crippen molar-refractivity contribution >= 4 is 40.2 Å². The van der Waals surface area contributed by atoms with Crippen LogP contribution in [0.3, 0.4) is 0 Å². The van der Waals surface area contributed by atoms with E-state index < -0.39 is 24.5 Å². The first-order valence-corrected chi connectivity index (χ1v) is 14.6. The van der Waals surface area contributed by atoms with Gasteiger partial charge in [0, 0.05) is 46.9 Å². The van der Waals surface area contributed by atoms with Crippen LogP contribution in [0.5, 0.6) is 0 Å². The maximum absolute atomic E-state index is 12.5. The van der Waals surface area contributed by atoms with Crippen molar-refractivity contribution in [3.63, 3.8) is 0 Å². The Kier molecular flexibility index (Phi) is 19.2. The van der Waals surface area contributed by atoms with Crippen molar-refractivity contribution in [1.29, 1.82) is 0 Å². The summed E-state index contributed by atoms with van der Waals surface area (Å²) >= 11 is 0. The molecule has 0 radical (unpaired) electrons. The quantitative estimate of drug-likeness (QED) is 0.0638. The third-order valence-electron chi connectivity index (χ3n) is 6.94.